The number of carbonyl (C=O) groups excluding carboxylic acids is 1. The summed E-state index contributed by atoms with van der Waals surface area (Å²) in [6.45, 7) is 7.76. The summed E-state index contributed by atoms with van der Waals surface area (Å²) in [5, 5.41) is 3.64. The summed E-state index contributed by atoms with van der Waals surface area (Å²) in [5.74, 6) is 0.114. The van der Waals surface area contributed by atoms with E-state index in [1.165, 1.54) is 0 Å². The van der Waals surface area contributed by atoms with Crippen LogP contribution in [0.2, 0.25) is 0 Å². The van der Waals surface area contributed by atoms with Crippen molar-refractivity contribution in [3.63, 3.8) is 0 Å². The second-order valence-corrected chi connectivity index (χ2v) is 5.19. The molecule has 2 radical (unpaired) electrons. The molecule has 0 saturated carbocycles. The molecule has 1 heterocycles. The lowest BCUT2D eigenvalue weighted by molar-refractivity contribution is -0.146. The third-order valence-electron chi connectivity index (χ3n) is 3.65. The summed E-state index contributed by atoms with van der Waals surface area (Å²) in [6.07, 6.45) is 0. The number of anilines is 1. The fourth-order valence-electron chi connectivity index (χ4n) is 2.10. The lowest BCUT2D eigenvalue weighted by Gasteiger charge is -2.53. The van der Waals surface area contributed by atoms with Crippen molar-refractivity contribution in [2.75, 3.05) is 12.1 Å². The highest BCUT2D eigenvalue weighted by molar-refractivity contribution is 6.34. The first kappa shape index (κ1) is 12.2. The molecule has 2 rings (SSSR count). The molecule has 0 unspecified atom stereocenters. The molecule has 1 saturated heterocycles. The Labute approximate surface area is 104 Å². The van der Waals surface area contributed by atoms with Gasteiger partial charge < -0.3 is 0 Å². The zero-order valence-electron chi connectivity index (χ0n) is 11.0. The highest BCUT2D eigenvalue weighted by atomic mass is 16.2. The molecule has 17 heavy (non-hydrogen) atoms. The van der Waals surface area contributed by atoms with E-state index in [2.05, 4.69) is 0 Å². The number of benzene rings is 1. The van der Waals surface area contributed by atoms with Crippen LogP contribution >= 0.6 is 0 Å². The number of likely N-dealkylation sites (N-methyl/N-ethyl adjacent to an activating group) is 1. The van der Waals surface area contributed by atoms with Crippen molar-refractivity contribution in [2.45, 2.75) is 33.2 Å². The Morgan fingerprint density at radius 2 is 1.65 bits per heavy atom. The number of carbonyl (C=O) groups is 1. The van der Waals surface area contributed by atoms with Gasteiger partial charge in [0.25, 0.3) is 5.91 Å². The van der Waals surface area contributed by atoms with E-state index in [4.69, 9.17) is 7.85 Å². The Morgan fingerprint density at radius 3 is 2.06 bits per heavy atom. The summed E-state index contributed by atoms with van der Waals surface area (Å²) in [6, 6.07) is 3.90. The Morgan fingerprint density at radius 1 is 1.18 bits per heavy atom. The van der Waals surface area contributed by atoms with Gasteiger partial charge >= 0.3 is 0 Å². The van der Waals surface area contributed by atoms with Gasteiger partial charge in [0, 0.05) is 7.05 Å². The molecule has 1 aliphatic rings. The Hall–Kier alpha value is -1.29. The van der Waals surface area contributed by atoms with Crippen molar-refractivity contribution < 1.29 is 4.79 Å². The predicted octanol–water partition coefficient (Wildman–Crippen LogP) is 1.07. The Balaban J connectivity index is 2.41. The molecule has 0 atom stereocenters. The van der Waals surface area contributed by atoms with E-state index in [0.29, 0.717) is 0 Å². The number of amides is 1. The summed E-state index contributed by atoms with van der Waals surface area (Å²) in [5.41, 5.74) is 3.28. The molecule has 0 aliphatic carbocycles. The summed E-state index contributed by atoms with van der Waals surface area (Å²) < 4.78 is 0. The van der Waals surface area contributed by atoms with Gasteiger partial charge in [-0.15, -0.1) is 0 Å². The van der Waals surface area contributed by atoms with Crippen LogP contribution in [0.4, 0.5) is 5.69 Å². The van der Waals surface area contributed by atoms with Crippen LogP contribution in [0, 0.1) is 13.8 Å². The van der Waals surface area contributed by atoms with E-state index in [0.717, 1.165) is 22.3 Å². The van der Waals surface area contributed by atoms with Gasteiger partial charge in [0.05, 0.1) is 5.69 Å². The van der Waals surface area contributed by atoms with Crippen LogP contribution in [0.3, 0.4) is 0 Å². The van der Waals surface area contributed by atoms with Crippen LogP contribution in [0.25, 0.3) is 0 Å². The average Bonchev–Trinajstić information content (AvgIpc) is 2.26. The van der Waals surface area contributed by atoms with Crippen LogP contribution in [-0.2, 0) is 4.79 Å². The van der Waals surface area contributed by atoms with Gasteiger partial charge in [-0.3, -0.25) is 4.79 Å². The van der Waals surface area contributed by atoms with Gasteiger partial charge in [0.1, 0.15) is 13.4 Å². The van der Waals surface area contributed by atoms with E-state index < -0.39 is 5.54 Å². The summed E-state index contributed by atoms with van der Waals surface area (Å²) >= 11 is 0. The van der Waals surface area contributed by atoms with Crippen molar-refractivity contribution in [3.05, 3.63) is 23.3 Å². The summed E-state index contributed by atoms with van der Waals surface area (Å²) in [7, 11) is 7.83. The molecule has 0 aromatic heterocycles. The van der Waals surface area contributed by atoms with Crippen LogP contribution in [0.1, 0.15) is 25.0 Å². The molecule has 1 aromatic carbocycles. The van der Waals surface area contributed by atoms with Crippen molar-refractivity contribution in [2.24, 2.45) is 0 Å². The summed E-state index contributed by atoms with van der Waals surface area (Å²) in [4.78, 5) is 12.1. The molecular formula is C13H17BN2O. The molecule has 1 fully saturated rings. The standard InChI is InChI=1S/C13H17BN2O/c1-8-6-10(7-9(2)11(8)14)16-12(17)13(3,4)15(16)5/h6-7H,1-5H3. The molecule has 0 N–H and O–H groups in total. The normalized spacial score (nSPS) is 19.4. The fourth-order valence-corrected chi connectivity index (χ4v) is 2.10. The lowest BCUT2D eigenvalue weighted by atomic mass is 9.86. The van der Waals surface area contributed by atoms with Crippen LogP contribution in [0.15, 0.2) is 12.1 Å². The molecule has 0 bridgehead atoms. The molecule has 1 amide bonds. The third kappa shape index (κ3) is 1.59. The van der Waals surface area contributed by atoms with Gasteiger partial charge in [0.2, 0.25) is 0 Å². The minimum Gasteiger partial charge on any atom is -0.271 e. The van der Waals surface area contributed by atoms with Crippen LogP contribution in [0.5, 0.6) is 0 Å². The van der Waals surface area contributed by atoms with Crippen molar-refractivity contribution in [1.82, 2.24) is 5.01 Å². The number of hydrogen-bond donors (Lipinski definition) is 0. The zero-order valence-corrected chi connectivity index (χ0v) is 11.0. The highest BCUT2D eigenvalue weighted by Gasteiger charge is 2.50. The molecule has 88 valence electrons. The largest absolute Gasteiger partial charge is 0.271 e. The maximum absolute atomic E-state index is 12.1. The van der Waals surface area contributed by atoms with Crippen molar-refractivity contribution in [1.29, 1.82) is 0 Å². The minimum absolute atomic E-state index is 0.114. The van der Waals surface area contributed by atoms with E-state index in [1.807, 2.05) is 51.9 Å². The smallest absolute Gasteiger partial charge is 0.263 e. The molecule has 4 heteroatoms. The van der Waals surface area contributed by atoms with Gasteiger partial charge in [-0.25, -0.2) is 10.0 Å². The van der Waals surface area contributed by atoms with E-state index >= 15 is 0 Å². The number of rotatable bonds is 1. The average molecular weight is 228 g/mol. The van der Waals surface area contributed by atoms with Gasteiger partial charge in [-0.1, -0.05) is 16.6 Å². The van der Waals surface area contributed by atoms with Crippen LogP contribution in [-0.4, -0.2) is 31.3 Å². The molecule has 1 aromatic rings. The number of nitrogens with zero attached hydrogens (tertiary/aromatic N) is 2. The maximum Gasteiger partial charge on any atom is 0.263 e. The van der Waals surface area contributed by atoms with Crippen molar-refractivity contribution in [3.8, 4) is 0 Å². The third-order valence-corrected chi connectivity index (χ3v) is 3.65. The highest BCUT2D eigenvalue weighted by Crippen LogP contribution is 2.34. The van der Waals surface area contributed by atoms with Gasteiger partial charge in [-0.2, -0.15) is 0 Å². The quantitative estimate of drug-likeness (QED) is 0.671. The number of hydrazine groups is 1. The first-order valence-corrected chi connectivity index (χ1v) is 5.72. The topological polar surface area (TPSA) is 23.6 Å². The first-order chi connectivity index (χ1) is 7.76. The Kier molecular flexibility index (Phi) is 2.58. The molecule has 0 spiro atoms. The van der Waals surface area contributed by atoms with E-state index in [1.54, 1.807) is 5.01 Å². The second-order valence-electron chi connectivity index (χ2n) is 5.19. The van der Waals surface area contributed by atoms with E-state index in [-0.39, 0.29) is 5.91 Å². The second kappa shape index (κ2) is 3.60. The first-order valence-electron chi connectivity index (χ1n) is 5.72. The monoisotopic (exact) mass is 228 g/mol. The maximum atomic E-state index is 12.1. The van der Waals surface area contributed by atoms with Crippen molar-refractivity contribution >= 4 is 24.9 Å². The minimum atomic E-state index is -0.413. The molecular weight excluding hydrogens is 211 g/mol. The van der Waals surface area contributed by atoms with Gasteiger partial charge in [-0.05, 0) is 39.8 Å². The fraction of sp³-hybridized carbons (Fsp3) is 0.462. The van der Waals surface area contributed by atoms with Gasteiger partial charge in [0.15, 0.2) is 0 Å². The zero-order chi connectivity index (χ0) is 13.0. The Bertz CT molecular complexity index is 473. The molecule has 3 nitrogen and oxygen atoms in total. The van der Waals surface area contributed by atoms with Crippen LogP contribution < -0.4 is 10.5 Å². The molecule has 1 aliphatic heterocycles. The predicted molar refractivity (Wildman–Crippen MR) is 70.6 cm³/mol. The lowest BCUT2D eigenvalue weighted by Crippen LogP contribution is -2.73. The number of aryl methyl sites for hydroxylation is 2. The SMILES string of the molecule is [B]c1c(C)cc(N2C(=O)C(C)(C)N2C)cc1C. The van der Waals surface area contributed by atoms with E-state index in [9.17, 15) is 4.79 Å². The number of hydrogen-bond acceptors (Lipinski definition) is 2.